The molecule has 0 heterocycles. The van der Waals surface area contributed by atoms with Crippen LogP contribution in [0.2, 0.25) is 10.0 Å². The minimum Gasteiger partial charge on any atom is -0.312 e. The molecule has 18 heavy (non-hydrogen) atoms. The fourth-order valence-electron chi connectivity index (χ4n) is 1.99. The highest BCUT2D eigenvalue weighted by atomic mass is 35.5. The number of hydrogen-bond donors (Lipinski definition) is 1. The molecule has 0 radical (unpaired) electrons. The summed E-state index contributed by atoms with van der Waals surface area (Å²) in [6, 6.07) is 5.61. The van der Waals surface area contributed by atoms with Gasteiger partial charge in [0.15, 0.2) is 0 Å². The van der Waals surface area contributed by atoms with Crippen molar-refractivity contribution in [1.29, 1.82) is 0 Å². The first-order chi connectivity index (χ1) is 8.67. The fraction of sp³-hybridized carbons (Fsp3) is 0.571. The summed E-state index contributed by atoms with van der Waals surface area (Å²) in [6.45, 7) is 3.97. The van der Waals surface area contributed by atoms with Crippen LogP contribution in [0.3, 0.4) is 0 Å². The molecule has 0 aliphatic carbocycles. The van der Waals surface area contributed by atoms with Gasteiger partial charge in [-0.2, -0.15) is 0 Å². The maximum Gasteiger partial charge on any atom is 0.0465 e. The molecule has 4 heteroatoms. The topological polar surface area (TPSA) is 12.0 Å². The van der Waals surface area contributed by atoms with E-state index >= 15 is 0 Å². The summed E-state index contributed by atoms with van der Waals surface area (Å²) in [5, 5.41) is 4.84. The molecule has 0 bridgehead atoms. The Morgan fingerprint density at radius 2 is 2.00 bits per heavy atom. The third-order valence-electron chi connectivity index (χ3n) is 2.98. The normalized spacial score (nSPS) is 12.7. The lowest BCUT2D eigenvalue weighted by atomic mass is 10.0. The quantitative estimate of drug-likeness (QED) is 0.657. The van der Waals surface area contributed by atoms with Crippen molar-refractivity contribution in [3.8, 4) is 0 Å². The first-order valence-corrected chi connectivity index (χ1v) is 7.67. The first kappa shape index (κ1) is 16.1. The van der Waals surface area contributed by atoms with Crippen LogP contribution in [-0.4, -0.2) is 12.4 Å². The van der Waals surface area contributed by atoms with E-state index in [1.54, 1.807) is 6.07 Å². The lowest BCUT2D eigenvalue weighted by Crippen LogP contribution is -2.23. The maximum absolute atomic E-state index is 6.12. The van der Waals surface area contributed by atoms with Crippen LogP contribution in [0.25, 0.3) is 0 Å². The van der Waals surface area contributed by atoms with Crippen LogP contribution in [0, 0.1) is 5.92 Å². The van der Waals surface area contributed by atoms with E-state index in [9.17, 15) is 0 Å². The average molecular weight is 309 g/mol. The van der Waals surface area contributed by atoms with Gasteiger partial charge in [0.1, 0.15) is 0 Å². The molecule has 0 saturated heterocycles. The van der Waals surface area contributed by atoms with Crippen molar-refractivity contribution in [3.05, 3.63) is 33.8 Å². The lowest BCUT2D eigenvalue weighted by molar-refractivity contribution is 0.430. The average Bonchev–Trinajstić information content (AvgIpc) is 2.32. The number of hydrogen-bond acceptors (Lipinski definition) is 1. The summed E-state index contributed by atoms with van der Waals surface area (Å²) in [5.41, 5.74) is 1.09. The Kier molecular flexibility index (Phi) is 8.08. The molecule has 0 spiro atoms. The Morgan fingerprint density at radius 3 is 2.61 bits per heavy atom. The van der Waals surface area contributed by atoms with Gasteiger partial charge in [0.25, 0.3) is 0 Å². The van der Waals surface area contributed by atoms with Gasteiger partial charge in [-0.25, -0.2) is 0 Å². The van der Waals surface area contributed by atoms with Gasteiger partial charge >= 0.3 is 0 Å². The van der Waals surface area contributed by atoms with Crippen molar-refractivity contribution in [1.82, 2.24) is 5.32 Å². The predicted molar refractivity (Wildman–Crippen MR) is 81.9 cm³/mol. The minimum atomic E-state index is 0.651. The van der Waals surface area contributed by atoms with Gasteiger partial charge < -0.3 is 5.32 Å². The molecule has 0 fully saturated rings. The van der Waals surface area contributed by atoms with Crippen LogP contribution >= 0.6 is 34.8 Å². The van der Waals surface area contributed by atoms with Crippen molar-refractivity contribution in [2.75, 3.05) is 12.4 Å². The zero-order valence-corrected chi connectivity index (χ0v) is 13.0. The third kappa shape index (κ3) is 5.79. The number of halogens is 3. The highest BCUT2D eigenvalue weighted by Gasteiger charge is 2.07. The van der Waals surface area contributed by atoms with E-state index in [1.807, 2.05) is 12.1 Å². The number of alkyl halides is 1. The summed E-state index contributed by atoms with van der Waals surface area (Å²) in [6.07, 6.45) is 3.48. The Bertz CT molecular complexity index is 349. The molecular weight excluding hydrogens is 289 g/mol. The van der Waals surface area contributed by atoms with E-state index in [0.29, 0.717) is 10.9 Å². The van der Waals surface area contributed by atoms with Crippen LogP contribution in [0.4, 0.5) is 0 Å². The van der Waals surface area contributed by atoms with E-state index < -0.39 is 0 Å². The monoisotopic (exact) mass is 307 g/mol. The minimum absolute atomic E-state index is 0.651. The molecule has 1 aromatic rings. The van der Waals surface area contributed by atoms with Crippen LogP contribution in [0.5, 0.6) is 0 Å². The molecule has 0 aliphatic rings. The summed E-state index contributed by atoms with van der Waals surface area (Å²) in [5.74, 6) is 1.38. The molecule has 0 aromatic heterocycles. The zero-order chi connectivity index (χ0) is 13.4. The first-order valence-electron chi connectivity index (χ1n) is 6.38. The Balaban J connectivity index is 2.39. The molecule has 1 nitrogen and oxygen atoms in total. The van der Waals surface area contributed by atoms with Gasteiger partial charge in [0, 0.05) is 22.5 Å². The second kappa shape index (κ2) is 9.03. The van der Waals surface area contributed by atoms with E-state index in [2.05, 4.69) is 12.2 Å². The number of rotatable bonds is 8. The van der Waals surface area contributed by atoms with Crippen LogP contribution in [-0.2, 0) is 6.54 Å². The van der Waals surface area contributed by atoms with E-state index in [4.69, 9.17) is 34.8 Å². The van der Waals surface area contributed by atoms with Crippen molar-refractivity contribution in [3.63, 3.8) is 0 Å². The summed E-state index contributed by atoms with van der Waals surface area (Å²) in [4.78, 5) is 0. The molecule has 1 unspecified atom stereocenters. The third-order valence-corrected chi connectivity index (χ3v) is 3.78. The summed E-state index contributed by atoms with van der Waals surface area (Å²) in [7, 11) is 0. The molecule has 1 rings (SSSR count). The highest BCUT2D eigenvalue weighted by Crippen LogP contribution is 2.21. The van der Waals surface area contributed by atoms with Gasteiger partial charge in [-0.05, 0) is 43.0 Å². The molecular formula is C14H20Cl3N. The van der Waals surface area contributed by atoms with Gasteiger partial charge in [0.2, 0.25) is 0 Å². The maximum atomic E-state index is 6.12. The molecule has 0 saturated carbocycles. The van der Waals surface area contributed by atoms with Gasteiger partial charge in [-0.3, -0.25) is 0 Å². The van der Waals surface area contributed by atoms with Crippen LogP contribution in [0.1, 0.15) is 31.7 Å². The molecule has 1 aromatic carbocycles. The van der Waals surface area contributed by atoms with E-state index in [-0.39, 0.29) is 0 Å². The highest BCUT2D eigenvalue weighted by molar-refractivity contribution is 6.35. The summed E-state index contributed by atoms with van der Waals surface area (Å²) >= 11 is 17.8. The second-order valence-corrected chi connectivity index (χ2v) is 5.72. The summed E-state index contributed by atoms with van der Waals surface area (Å²) < 4.78 is 0. The molecule has 0 amide bonds. The van der Waals surface area contributed by atoms with Crippen molar-refractivity contribution >= 4 is 34.8 Å². The van der Waals surface area contributed by atoms with Gasteiger partial charge in [-0.15, -0.1) is 11.6 Å². The van der Waals surface area contributed by atoms with Gasteiger partial charge in [0.05, 0.1) is 0 Å². The smallest absolute Gasteiger partial charge is 0.0465 e. The van der Waals surface area contributed by atoms with Crippen molar-refractivity contribution in [2.24, 2.45) is 5.92 Å². The van der Waals surface area contributed by atoms with E-state index in [0.717, 1.165) is 36.0 Å². The van der Waals surface area contributed by atoms with Crippen LogP contribution < -0.4 is 5.32 Å². The SMILES string of the molecule is CCCC(CCCl)CNCc1ccc(Cl)cc1Cl. The Morgan fingerprint density at radius 1 is 1.22 bits per heavy atom. The lowest BCUT2D eigenvalue weighted by Gasteiger charge is -2.16. The van der Waals surface area contributed by atoms with Gasteiger partial charge in [-0.1, -0.05) is 42.6 Å². The predicted octanol–water partition coefficient (Wildman–Crippen LogP) is 5.13. The largest absolute Gasteiger partial charge is 0.312 e. The Hall–Kier alpha value is 0.0500. The van der Waals surface area contributed by atoms with Crippen molar-refractivity contribution < 1.29 is 0 Å². The molecule has 1 atom stereocenters. The van der Waals surface area contributed by atoms with Crippen LogP contribution in [0.15, 0.2) is 18.2 Å². The number of benzene rings is 1. The molecule has 102 valence electrons. The molecule has 1 N–H and O–H groups in total. The van der Waals surface area contributed by atoms with Crippen molar-refractivity contribution in [2.45, 2.75) is 32.7 Å². The van der Waals surface area contributed by atoms with E-state index in [1.165, 1.54) is 12.8 Å². The Labute approximate surface area is 125 Å². The second-order valence-electron chi connectivity index (χ2n) is 4.50. The molecule has 0 aliphatic heterocycles. The fourth-order valence-corrected chi connectivity index (χ4v) is 2.77. The number of nitrogens with one attached hydrogen (secondary N) is 1. The standard InChI is InChI=1S/C14H20Cl3N/c1-2-3-11(6-7-15)9-18-10-12-4-5-13(16)8-14(12)17/h4-5,8,11,18H,2-3,6-7,9-10H2,1H3. The zero-order valence-electron chi connectivity index (χ0n) is 10.7.